The Morgan fingerprint density at radius 3 is 2.50 bits per heavy atom. The van der Waals surface area contributed by atoms with Crippen molar-refractivity contribution < 1.29 is 14.3 Å². The van der Waals surface area contributed by atoms with Gasteiger partial charge in [0.15, 0.2) is 0 Å². The number of hydrogen-bond donors (Lipinski definition) is 0. The molecule has 6 nitrogen and oxygen atoms in total. The van der Waals surface area contributed by atoms with E-state index in [0.717, 1.165) is 75.8 Å². The number of pyridine rings is 1. The number of nitrogens with zero attached hydrogens (tertiary/aromatic N) is 3. The second-order valence-corrected chi connectivity index (χ2v) is 8.12. The number of carbonyl (C=O) groups is 1. The number of likely N-dealkylation sites (tertiary alicyclic amines) is 1. The van der Waals surface area contributed by atoms with Gasteiger partial charge in [0.25, 0.3) is 0 Å². The lowest BCUT2D eigenvalue weighted by Gasteiger charge is -2.34. The predicted molar refractivity (Wildman–Crippen MR) is 116 cm³/mol. The van der Waals surface area contributed by atoms with Crippen molar-refractivity contribution in [1.29, 1.82) is 0 Å². The van der Waals surface area contributed by atoms with E-state index in [2.05, 4.69) is 35.2 Å². The van der Waals surface area contributed by atoms with E-state index in [1.807, 2.05) is 17.0 Å². The zero-order valence-electron chi connectivity index (χ0n) is 17.8. The Hall–Kier alpha value is -2.44. The van der Waals surface area contributed by atoms with Crippen LogP contribution in [0.25, 0.3) is 0 Å². The van der Waals surface area contributed by atoms with Crippen LogP contribution in [-0.2, 0) is 16.0 Å². The molecular formula is C24H31N3O3. The van der Waals surface area contributed by atoms with E-state index in [1.54, 1.807) is 7.11 Å². The minimum atomic E-state index is 0.247. The third-order valence-electron chi connectivity index (χ3n) is 6.10. The van der Waals surface area contributed by atoms with Crippen LogP contribution in [0.1, 0.15) is 35.7 Å². The topological polar surface area (TPSA) is 54.9 Å². The van der Waals surface area contributed by atoms with Crippen LogP contribution in [0.5, 0.6) is 5.75 Å². The number of ether oxygens (including phenoxy) is 2. The van der Waals surface area contributed by atoms with Crippen LogP contribution in [0.15, 0.2) is 42.5 Å². The van der Waals surface area contributed by atoms with Crippen molar-refractivity contribution in [2.45, 2.75) is 25.2 Å². The number of amides is 1. The first kappa shape index (κ1) is 20.8. The summed E-state index contributed by atoms with van der Waals surface area (Å²) < 4.78 is 10.6. The quantitative estimate of drug-likeness (QED) is 0.734. The summed E-state index contributed by atoms with van der Waals surface area (Å²) in [7, 11) is 1.68. The summed E-state index contributed by atoms with van der Waals surface area (Å²) in [4.78, 5) is 21.8. The van der Waals surface area contributed by atoms with Crippen molar-refractivity contribution in [2.75, 3.05) is 53.0 Å². The first-order valence-electron chi connectivity index (χ1n) is 10.9. The lowest BCUT2D eigenvalue weighted by atomic mass is 9.92. The van der Waals surface area contributed by atoms with Gasteiger partial charge < -0.3 is 14.4 Å². The number of carbonyl (C=O) groups excluding carboxylic acids is 1. The minimum absolute atomic E-state index is 0.247. The van der Waals surface area contributed by atoms with Gasteiger partial charge in [0.2, 0.25) is 5.91 Å². The van der Waals surface area contributed by atoms with E-state index >= 15 is 0 Å². The van der Waals surface area contributed by atoms with Crippen molar-refractivity contribution in [3.63, 3.8) is 0 Å². The third-order valence-corrected chi connectivity index (χ3v) is 6.10. The average molecular weight is 410 g/mol. The maximum Gasteiger partial charge on any atom is 0.236 e. The second kappa shape index (κ2) is 10.0. The van der Waals surface area contributed by atoms with E-state index in [1.165, 1.54) is 5.56 Å². The number of hydrogen-bond acceptors (Lipinski definition) is 5. The van der Waals surface area contributed by atoms with Crippen molar-refractivity contribution >= 4 is 5.91 Å². The van der Waals surface area contributed by atoms with E-state index in [-0.39, 0.29) is 5.91 Å². The predicted octanol–water partition coefficient (Wildman–Crippen LogP) is 2.72. The molecule has 1 aromatic carbocycles. The van der Waals surface area contributed by atoms with E-state index in [0.29, 0.717) is 12.5 Å². The van der Waals surface area contributed by atoms with Crippen LogP contribution >= 0.6 is 0 Å². The summed E-state index contributed by atoms with van der Waals surface area (Å²) in [6.45, 7) is 5.32. The highest BCUT2D eigenvalue weighted by Gasteiger charge is 2.26. The molecule has 1 aromatic heterocycles. The zero-order chi connectivity index (χ0) is 20.8. The lowest BCUT2D eigenvalue weighted by molar-refractivity contribution is -0.134. The molecule has 1 amide bonds. The number of aromatic nitrogens is 1. The number of piperidine rings is 1. The molecular weight excluding hydrogens is 378 g/mol. The van der Waals surface area contributed by atoms with Crippen molar-refractivity contribution in [2.24, 2.45) is 0 Å². The van der Waals surface area contributed by atoms with Crippen molar-refractivity contribution in [3.8, 4) is 5.75 Å². The first-order valence-corrected chi connectivity index (χ1v) is 10.9. The Morgan fingerprint density at radius 1 is 1.07 bits per heavy atom. The molecule has 2 aromatic rings. The number of morpholine rings is 1. The summed E-state index contributed by atoms with van der Waals surface area (Å²) in [5.74, 6) is 1.54. The molecule has 3 heterocycles. The number of rotatable bonds is 6. The van der Waals surface area contributed by atoms with Crippen LogP contribution in [0.3, 0.4) is 0 Å². The summed E-state index contributed by atoms with van der Waals surface area (Å²) in [5.41, 5.74) is 3.47. The molecule has 0 radical (unpaired) electrons. The molecule has 0 spiro atoms. The Morgan fingerprint density at radius 2 is 1.80 bits per heavy atom. The fourth-order valence-corrected chi connectivity index (χ4v) is 4.25. The molecule has 0 aliphatic carbocycles. The van der Waals surface area contributed by atoms with Gasteiger partial charge in [-0.2, -0.15) is 0 Å². The fourth-order valence-electron chi connectivity index (χ4n) is 4.25. The molecule has 0 atom stereocenters. The largest absolute Gasteiger partial charge is 0.497 e. The standard InChI is InChI=1S/C24H31N3O3/c1-29-22-7-5-19(6-8-22)17-21-3-2-4-23(25-21)20-9-11-27(12-10-20)24(28)18-26-13-15-30-16-14-26/h2-8,20H,9-18H2,1H3. The maximum atomic E-state index is 12.6. The highest BCUT2D eigenvalue weighted by Crippen LogP contribution is 2.27. The molecule has 30 heavy (non-hydrogen) atoms. The van der Waals surface area contributed by atoms with Gasteiger partial charge in [0.1, 0.15) is 5.75 Å². The highest BCUT2D eigenvalue weighted by atomic mass is 16.5. The van der Waals surface area contributed by atoms with Gasteiger partial charge in [-0.1, -0.05) is 18.2 Å². The average Bonchev–Trinajstić information content (AvgIpc) is 2.80. The summed E-state index contributed by atoms with van der Waals surface area (Å²) >= 11 is 0. The third kappa shape index (κ3) is 5.37. The van der Waals surface area contributed by atoms with Crippen LogP contribution in [-0.4, -0.2) is 73.7 Å². The first-order chi connectivity index (χ1) is 14.7. The second-order valence-electron chi connectivity index (χ2n) is 8.12. The molecule has 160 valence electrons. The molecule has 0 bridgehead atoms. The smallest absolute Gasteiger partial charge is 0.236 e. The van der Waals surface area contributed by atoms with E-state index < -0.39 is 0 Å². The Balaban J connectivity index is 1.30. The van der Waals surface area contributed by atoms with Crippen LogP contribution < -0.4 is 4.74 Å². The maximum absolute atomic E-state index is 12.6. The van der Waals surface area contributed by atoms with Crippen LogP contribution in [0.2, 0.25) is 0 Å². The molecule has 2 aliphatic rings. The van der Waals surface area contributed by atoms with Gasteiger partial charge in [0, 0.05) is 49.9 Å². The monoisotopic (exact) mass is 409 g/mol. The van der Waals surface area contributed by atoms with Crippen LogP contribution in [0.4, 0.5) is 0 Å². The Kier molecular flexibility index (Phi) is 6.97. The van der Waals surface area contributed by atoms with Gasteiger partial charge in [0.05, 0.1) is 26.9 Å². The number of benzene rings is 1. The molecule has 2 aliphatic heterocycles. The van der Waals surface area contributed by atoms with Crippen molar-refractivity contribution in [1.82, 2.24) is 14.8 Å². The van der Waals surface area contributed by atoms with Gasteiger partial charge >= 0.3 is 0 Å². The molecule has 0 N–H and O–H groups in total. The Labute approximate surface area is 178 Å². The summed E-state index contributed by atoms with van der Waals surface area (Å²) in [6.07, 6.45) is 2.77. The van der Waals surface area contributed by atoms with Crippen molar-refractivity contribution in [3.05, 3.63) is 59.4 Å². The van der Waals surface area contributed by atoms with Gasteiger partial charge in [-0.3, -0.25) is 14.7 Å². The number of methoxy groups -OCH3 is 1. The van der Waals surface area contributed by atoms with Gasteiger partial charge in [-0.15, -0.1) is 0 Å². The molecule has 0 unspecified atom stereocenters. The SMILES string of the molecule is COc1ccc(Cc2cccc(C3CCN(C(=O)CN4CCOCC4)CC3)n2)cc1. The molecule has 4 rings (SSSR count). The van der Waals surface area contributed by atoms with E-state index in [4.69, 9.17) is 14.5 Å². The van der Waals surface area contributed by atoms with Gasteiger partial charge in [-0.05, 0) is 42.7 Å². The molecule has 2 saturated heterocycles. The molecule has 6 heteroatoms. The molecule has 0 saturated carbocycles. The van der Waals surface area contributed by atoms with Gasteiger partial charge in [-0.25, -0.2) is 0 Å². The Bertz CT molecular complexity index is 826. The molecule has 2 fully saturated rings. The minimum Gasteiger partial charge on any atom is -0.497 e. The van der Waals surface area contributed by atoms with Crippen LogP contribution in [0, 0.1) is 0 Å². The fraction of sp³-hybridized carbons (Fsp3) is 0.500. The normalized spacial score (nSPS) is 18.4. The zero-order valence-corrected chi connectivity index (χ0v) is 17.8. The highest BCUT2D eigenvalue weighted by molar-refractivity contribution is 5.78. The summed E-state index contributed by atoms with van der Waals surface area (Å²) in [5, 5.41) is 0. The van der Waals surface area contributed by atoms with E-state index in [9.17, 15) is 4.79 Å². The summed E-state index contributed by atoms with van der Waals surface area (Å²) in [6, 6.07) is 14.5. The lowest BCUT2D eigenvalue weighted by Crippen LogP contribution is -2.46.